The smallest absolute Gasteiger partial charge is 0.0829 e. The predicted octanol–water partition coefficient (Wildman–Crippen LogP) is 2.39. The Morgan fingerprint density at radius 2 is 2.11 bits per heavy atom. The second kappa shape index (κ2) is 6.68. The zero-order valence-electron chi connectivity index (χ0n) is 11.7. The van der Waals surface area contributed by atoms with Crippen molar-refractivity contribution in [2.45, 2.75) is 39.3 Å². The molecule has 1 atom stereocenters. The SMILES string of the molecule is CCCOCC(O)Cc1nn(CC)c2ccccc12. The summed E-state index contributed by atoms with van der Waals surface area (Å²) in [7, 11) is 0. The first-order valence-corrected chi connectivity index (χ1v) is 6.96. The first-order chi connectivity index (χ1) is 9.26. The van der Waals surface area contributed by atoms with Gasteiger partial charge in [0, 0.05) is 25.0 Å². The maximum Gasteiger partial charge on any atom is 0.0829 e. The minimum absolute atomic E-state index is 0.376. The first-order valence-electron chi connectivity index (χ1n) is 6.96. The van der Waals surface area contributed by atoms with Gasteiger partial charge in [0.1, 0.15) is 0 Å². The second-order valence-corrected chi connectivity index (χ2v) is 4.71. The van der Waals surface area contributed by atoms with Crippen LogP contribution in [0.25, 0.3) is 10.9 Å². The molecule has 0 spiro atoms. The molecule has 4 nitrogen and oxygen atoms in total. The number of aliphatic hydroxyl groups is 1. The van der Waals surface area contributed by atoms with Crippen molar-refractivity contribution in [1.82, 2.24) is 9.78 Å². The van der Waals surface area contributed by atoms with Gasteiger partial charge in [0.05, 0.1) is 23.9 Å². The van der Waals surface area contributed by atoms with E-state index in [-0.39, 0.29) is 0 Å². The summed E-state index contributed by atoms with van der Waals surface area (Å²) in [6, 6.07) is 8.15. The molecule has 1 N–H and O–H groups in total. The molecule has 1 aromatic carbocycles. The topological polar surface area (TPSA) is 47.3 Å². The summed E-state index contributed by atoms with van der Waals surface area (Å²) in [5, 5.41) is 15.7. The number of nitrogens with zero attached hydrogens (tertiary/aromatic N) is 2. The number of benzene rings is 1. The molecule has 0 aliphatic rings. The molecule has 0 amide bonds. The van der Waals surface area contributed by atoms with Crippen molar-refractivity contribution < 1.29 is 9.84 Å². The van der Waals surface area contributed by atoms with Crippen LogP contribution >= 0.6 is 0 Å². The van der Waals surface area contributed by atoms with Gasteiger partial charge in [-0.3, -0.25) is 4.68 Å². The van der Waals surface area contributed by atoms with E-state index < -0.39 is 6.10 Å². The maximum absolute atomic E-state index is 10.00. The number of aliphatic hydroxyl groups excluding tert-OH is 1. The molecule has 0 saturated heterocycles. The van der Waals surface area contributed by atoms with Crippen LogP contribution in [0, 0.1) is 0 Å². The fourth-order valence-electron chi connectivity index (χ4n) is 2.23. The van der Waals surface area contributed by atoms with Crippen molar-refractivity contribution >= 4 is 10.9 Å². The zero-order chi connectivity index (χ0) is 13.7. The Hall–Kier alpha value is -1.39. The van der Waals surface area contributed by atoms with Gasteiger partial charge in [-0.25, -0.2) is 0 Å². The minimum atomic E-state index is -0.491. The number of aromatic nitrogens is 2. The predicted molar refractivity (Wildman–Crippen MR) is 76.2 cm³/mol. The van der Waals surface area contributed by atoms with E-state index in [1.165, 1.54) is 0 Å². The van der Waals surface area contributed by atoms with Gasteiger partial charge >= 0.3 is 0 Å². The number of rotatable bonds is 7. The van der Waals surface area contributed by atoms with E-state index in [4.69, 9.17) is 4.74 Å². The van der Waals surface area contributed by atoms with Crippen LogP contribution in [0.2, 0.25) is 0 Å². The summed E-state index contributed by atoms with van der Waals surface area (Å²) in [4.78, 5) is 0. The first kappa shape index (κ1) is 14.0. The Balaban J connectivity index is 2.12. The Labute approximate surface area is 114 Å². The van der Waals surface area contributed by atoms with E-state index in [1.54, 1.807) is 0 Å². The van der Waals surface area contributed by atoms with Crippen LogP contribution in [0.5, 0.6) is 0 Å². The van der Waals surface area contributed by atoms with Crippen LogP contribution < -0.4 is 0 Å². The molecule has 0 fully saturated rings. The molecular formula is C15H22N2O2. The number of hydrogen-bond donors (Lipinski definition) is 1. The number of aryl methyl sites for hydroxylation is 1. The van der Waals surface area contributed by atoms with Gasteiger partial charge in [-0.05, 0) is 19.4 Å². The van der Waals surface area contributed by atoms with Crippen LogP contribution in [0.4, 0.5) is 0 Å². The molecule has 104 valence electrons. The lowest BCUT2D eigenvalue weighted by atomic mass is 10.1. The van der Waals surface area contributed by atoms with Crippen molar-refractivity contribution in [1.29, 1.82) is 0 Å². The molecule has 2 rings (SSSR count). The highest BCUT2D eigenvalue weighted by Gasteiger charge is 2.13. The summed E-state index contributed by atoms with van der Waals surface area (Å²) in [5.74, 6) is 0. The molecule has 0 aliphatic heterocycles. The quantitative estimate of drug-likeness (QED) is 0.779. The van der Waals surface area contributed by atoms with Crippen molar-refractivity contribution in [3.05, 3.63) is 30.0 Å². The van der Waals surface area contributed by atoms with E-state index in [0.717, 1.165) is 29.6 Å². The Kier molecular flexibility index (Phi) is 4.93. The van der Waals surface area contributed by atoms with Crippen LogP contribution in [0.3, 0.4) is 0 Å². The van der Waals surface area contributed by atoms with Crippen molar-refractivity contribution in [2.24, 2.45) is 0 Å². The van der Waals surface area contributed by atoms with Gasteiger partial charge in [0.15, 0.2) is 0 Å². The Bertz CT molecular complexity index is 522. The van der Waals surface area contributed by atoms with E-state index in [1.807, 2.05) is 16.8 Å². The molecule has 0 radical (unpaired) electrons. The monoisotopic (exact) mass is 262 g/mol. The van der Waals surface area contributed by atoms with E-state index in [2.05, 4.69) is 31.1 Å². The molecule has 1 aromatic heterocycles. The number of ether oxygens (including phenoxy) is 1. The second-order valence-electron chi connectivity index (χ2n) is 4.71. The van der Waals surface area contributed by atoms with Gasteiger partial charge < -0.3 is 9.84 Å². The Morgan fingerprint density at radius 1 is 1.32 bits per heavy atom. The lowest BCUT2D eigenvalue weighted by molar-refractivity contribution is 0.0370. The third-order valence-corrected chi connectivity index (χ3v) is 3.12. The minimum Gasteiger partial charge on any atom is -0.390 e. The Morgan fingerprint density at radius 3 is 2.84 bits per heavy atom. The highest BCUT2D eigenvalue weighted by molar-refractivity contribution is 5.81. The highest BCUT2D eigenvalue weighted by Crippen LogP contribution is 2.19. The molecule has 0 aliphatic carbocycles. The highest BCUT2D eigenvalue weighted by atomic mass is 16.5. The van der Waals surface area contributed by atoms with Crippen LogP contribution in [0.15, 0.2) is 24.3 Å². The third-order valence-electron chi connectivity index (χ3n) is 3.12. The largest absolute Gasteiger partial charge is 0.390 e. The lowest BCUT2D eigenvalue weighted by Crippen LogP contribution is -2.19. The van der Waals surface area contributed by atoms with E-state index in [9.17, 15) is 5.11 Å². The van der Waals surface area contributed by atoms with Crippen molar-refractivity contribution in [2.75, 3.05) is 13.2 Å². The maximum atomic E-state index is 10.00. The average Bonchev–Trinajstić information content (AvgIpc) is 2.77. The van der Waals surface area contributed by atoms with Gasteiger partial charge in [-0.15, -0.1) is 0 Å². The van der Waals surface area contributed by atoms with Crippen LogP contribution in [-0.4, -0.2) is 34.2 Å². The van der Waals surface area contributed by atoms with Gasteiger partial charge in [-0.2, -0.15) is 5.10 Å². The molecular weight excluding hydrogens is 240 g/mol. The van der Waals surface area contributed by atoms with E-state index in [0.29, 0.717) is 19.6 Å². The normalized spacial score (nSPS) is 13.0. The molecule has 1 unspecified atom stereocenters. The van der Waals surface area contributed by atoms with Gasteiger partial charge in [-0.1, -0.05) is 25.1 Å². The molecule has 19 heavy (non-hydrogen) atoms. The van der Waals surface area contributed by atoms with E-state index >= 15 is 0 Å². The van der Waals surface area contributed by atoms with Crippen LogP contribution in [-0.2, 0) is 17.7 Å². The van der Waals surface area contributed by atoms with Crippen molar-refractivity contribution in [3.63, 3.8) is 0 Å². The van der Waals surface area contributed by atoms with Gasteiger partial charge in [0.2, 0.25) is 0 Å². The van der Waals surface area contributed by atoms with Gasteiger partial charge in [0.25, 0.3) is 0 Å². The summed E-state index contributed by atoms with van der Waals surface area (Å²) in [5.41, 5.74) is 2.08. The molecule has 0 saturated carbocycles. The number of fused-ring (bicyclic) bond motifs is 1. The van der Waals surface area contributed by atoms with Crippen LogP contribution in [0.1, 0.15) is 26.0 Å². The number of hydrogen-bond acceptors (Lipinski definition) is 3. The summed E-state index contributed by atoms with van der Waals surface area (Å²) >= 11 is 0. The van der Waals surface area contributed by atoms with Crippen molar-refractivity contribution in [3.8, 4) is 0 Å². The zero-order valence-corrected chi connectivity index (χ0v) is 11.7. The molecule has 0 bridgehead atoms. The molecule has 1 heterocycles. The average molecular weight is 262 g/mol. The standard InChI is InChI=1S/C15H22N2O2/c1-3-9-19-11-12(18)10-14-13-7-5-6-8-15(13)17(4-2)16-14/h5-8,12,18H,3-4,9-11H2,1-2H3. The lowest BCUT2D eigenvalue weighted by Gasteiger charge is -2.09. The number of para-hydroxylation sites is 1. The molecule has 2 aromatic rings. The fraction of sp³-hybridized carbons (Fsp3) is 0.533. The summed E-state index contributed by atoms with van der Waals surface area (Å²) in [6.45, 7) is 6.04. The molecule has 4 heteroatoms. The fourth-order valence-corrected chi connectivity index (χ4v) is 2.23. The third kappa shape index (κ3) is 3.33. The summed E-state index contributed by atoms with van der Waals surface area (Å²) < 4.78 is 7.35. The summed E-state index contributed by atoms with van der Waals surface area (Å²) in [6.07, 6.45) is 1.02.